The third-order valence-electron chi connectivity index (χ3n) is 2.16. The molecule has 2 unspecified atom stereocenters. The van der Waals surface area contributed by atoms with Crippen molar-refractivity contribution < 1.29 is 4.43 Å². The third-order valence-corrected chi connectivity index (χ3v) is 5.23. The van der Waals surface area contributed by atoms with Gasteiger partial charge in [-0.2, -0.15) is 0 Å². The molecule has 1 heterocycles. The minimum Gasteiger partial charge on any atom is -0.418 e. The number of hydrogen-bond donors (Lipinski definition) is 1. The maximum Gasteiger partial charge on any atom is 0.193 e. The zero-order valence-corrected chi connectivity index (χ0v) is 7.83. The topological polar surface area (TPSA) is 35.2 Å². The molecule has 2 N–H and O–H groups in total. The Labute approximate surface area is 64.5 Å². The van der Waals surface area contributed by atoms with Gasteiger partial charge in [0, 0.05) is 12.3 Å². The lowest BCUT2D eigenvalue weighted by molar-refractivity contribution is 0.279. The first-order chi connectivity index (χ1) is 4.84. The van der Waals surface area contributed by atoms with E-state index in [2.05, 4.69) is 6.92 Å². The summed E-state index contributed by atoms with van der Waals surface area (Å²) in [6.45, 7) is 3.13. The Morgan fingerprint density at radius 1 is 1.60 bits per heavy atom. The van der Waals surface area contributed by atoms with Gasteiger partial charge in [0.2, 0.25) is 0 Å². The van der Waals surface area contributed by atoms with E-state index in [0.717, 1.165) is 13.0 Å². The molecule has 0 radical (unpaired) electrons. The van der Waals surface area contributed by atoms with Crippen LogP contribution in [0.1, 0.15) is 26.2 Å². The zero-order chi connectivity index (χ0) is 7.40. The average Bonchev–Trinajstić information content (AvgIpc) is 2.05. The first-order valence-corrected chi connectivity index (χ1v) is 6.17. The van der Waals surface area contributed by atoms with Crippen LogP contribution in [0.15, 0.2) is 0 Å². The van der Waals surface area contributed by atoms with Crippen LogP contribution in [-0.2, 0) is 4.43 Å². The smallest absolute Gasteiger partial charge is 0.193 e. The van der Waals surface area contributed by atoms with Gasteiger partial charge in [-0.15, -0.1) is 0 Å². The molecule has 3 heteroatoms. The molecule has 2 atom stereocenters. The van der Waals surface area contributed by atoms with E-state index >= 15 is 0 Å². The minimum absolute atomic E-state index is 0.403. The first kappa shape index (κ1) is 8.24. The fourth-order valence-corrected chi connectivity index (χ4v) is 3.89. The van der Waals surface area contributed by atoms with E-state index in [-0.39, 0.29) is 0 Å². The van der Waals surface area contributed by atoms with Crippen LogP contribution in [0.5, 0.6) is 0 Å². The quantitative estimate of drug-likeness (QED) is 0.605. The average molecular weight is 159 g/mol. The molecule has 0 aromatic heterocycles. The number of nitrogens with two attached hydrogens (primary N) is 1. The maximum atomic E-state index is 5.88. The Balaban J connectivity index is 2.24. The second-order valence-corrected chi connectivity index (χ2v) is 5.82. The molecular weight excluding hydrogens is 142 g/mol. The highest BCUT2D eigenvalue weighted by atomic mass is 28.3. The van der Waals surface area contributed by atoms with Crippen LogP contribution in [-0.4, -0.2) is 21.3 Å². The van der Waals surface area contributed by atoms with E-state index in [1.165, 1.54) is 18.9 Å². The van der Waals surface area contributed by atoms with Gasteiger partial charge < -0.3 is 10.2 Å². The molecule has 1 fully saturated rings. The van der Waals surface area contributed by atoms with Gasteiger partial charge >= 0.3 is 0 Å². The fraction of sp³-hybridized carbons (Fsp3) is 1.00. The Kier molecular flexibility index (Phi) is 3.38. The molecule has 0 aliphatic carbocycles. The summed E-state index contributed by atoms with van der Waals surface area (Å²) >= 11 is 0. The summed E-state index contributed by atoms with van der Waals surface area (Å²) in [5.74, 6) is 0. The van der Waals surface area contributed by atoms with Crippen molar-refractivity contribution in [1.29, 1.82) is 0 Å². The first-order valence-electron chi connectivity index (χ1n) is 4.21. The molecule has 0 saturated carbocycles. The summed E-state index contributed by atoms with van der Waals surface area (Å²) in [4.78, 5) is 0. The normalized spacial score (nSPS) is 30.0. The Hall–Kier alpha value is 0.137. The molecule has 0 spiro atoms. The number of hydrogen-bond acceptors (Lipinski definition) is 2. The number of rotatable bonds is 2. The lowest BCUT2D eigenvalue weighted by Gasteiger charge is -2.25. The molecule has 1 aliphatic heterocycles. The highest BCUT2D eigenvalue weighted by Crippen LogP contribution is 2.13. The summed E-state index contributed by atoms with van der Waals surface area (Å²) in [7, 11) is -0.943. The third kappa shape index (κ3) is 2.07. The van der Waals surface area contributed by atoms with E-state index in [9.17, 15) is 0 Å². The largest absolute Gasteiger partial charge is 0.418 e. The predicted octanol–water partition coefficient (Wildman–Crippen LogP) is 0.797. The van der Waals surface area contributed by atoms with Crippen molar-refractivity contribution in [1.82, 2.24) is 0 Å². The summed E-state index contributed by atoms with van der Waals surface area (Å²) < 4.78 is 5.64. The van der Waals surface area contributed by atoms with Crippen molar-refractivity contribution in [2.45, 2.75) is 37.9 Å². The molecule has 0 amide bonds. The minimum atomic E-state index is -0.943. The molecule has 0 bridgehead atoms. The predicted molar refractivity (Wildman–Crippen MR) is 45.4 cm³/mol. The van der Waals surface area contributed by atoms with Crippen molar-refractivity contribution in [3.05, 3.63) is 0 Å². The van der Waals surface area contributed by atoms with Crippen LogP contribution >= 0.6 is 0 Å². The van der Waals surface area contributed by atoms with Crippen LogP contribution in [0, 0.1) is 0 Å². The molecule has 10 heavy (non-hydrogen) atoms. The van der Waals surface area contributed by atoms with Crippen molar-refractivity contribution >= 4 is 9.04 Å². The van der Waals surface area contributed by atoms with E-state index < -0.39 is 9.04 Å². The van der Waals surface area contributed by atoms with Crippen LogP contribution in [0.25, 0.3) is 0 Å². The summed E-state index contributed by atoms with van der Waals surface area (Å²) in [6.07, 6.45) is 3.70. The summed E-state index contributed by atoms with van der Waals surface area (Å²) in [5.41, 5.74) is 6.29. The van der Waals surface area contributed by atoms with Crippen molar-refractivity contribution in [2.75, 3.05) is 6.61 Å². The van der Waals surface area contributed by atoms with Gasteiger partial charge in [-0.05, 0) is 18.9 Å². The standard InChI is InChI=1S/C7H17NOSi/c1-2-7(8)10-6-4-3-5-9-10/h7,10H,2-6,8H2,1H3. The van der Waals surface area contributed by atoms with Gasteiger partial charge in [-0.25, -0.2) is 0 Å². The summed E-state index contributed by atoms with van der Waals surface area (Å²) in [6, 6.07) is 1.30. The van der Waals surface area contributed by atoms with Gasteiger partial charge in [0.15, 0.2) is 9.04 Å². The Morgan fingerprint density at radius 2 is 2.40 bits per heavy atom. The molecule has 1 rings (SSSR count). The van der Waals surface area contributed by atoms with Crippen LogP contribution in [0.2, 0.25) is 6.04 Å². The second kappa shape index (κ2) is 4.11. The molecule has 2 nitrogen and oxygen atoms in total. The second-order valence-electron chi connectivity index (χ2n) is 2.98. The maximum absolute atomic E-state index is 5.88. The van der Waals surface area contributed by atoms with Crippen LogP contribution in [0.3, 0.4) is 0 Å². The zero-order valence-electron chi connectivity index (χ0n) is 6.68. The lowest BCUT2D eigenvalue weighted by atomic mass is 10.4. The molecule has 1 saturated heterocycles. The lowest BCUT2D eigenvalue weighted by Crippen LogP contribution is -2.42. The molecular formula is C7H17NOSi. The Morgan fingerprint density at radius 3 is 2.90 bits per heavy atom. The highest BCUT2D eigenvalue weighted by molar-refractivity contribution is 6.53. The van der Waals surface area contributed by atoms with E-state index in [1.54, 1.807) is 0 Å². The highest BCUT2D eigenvalue weighted by Gasteiger charge is 2.21. The van der Waals surface area contributed by atoms with Gasteiger partial charge in [0.25, 0.3) is 0 Å². The fourth-order valence-electron chi connectivity index (χ4n) is 1.37. The molecule has 0 aromatic rings. The van der Waals surface area contributed by atoms with E-state index in [0.29, 0.717) is 5.67 Å². The SMILES string of the molecule is CCC(N)[SiH]1CCCCO1. The van der Waals surface area contributed by atoms with Gasteiger partial charge in [-0.1, -0.05) is 13.3 Å². The molecule has 60 valence electrons. The van der Waals surface area contributed by atoms with Gasteiger partial charge in [0.1, 0.15) is 0 Å². The summed E-state index contributed by atoms with van der Waals surface area (Å²) in [5, 5.41) is 0. The van der Waals surface area contributed by atoms with Gasteiger partial charge in [-0.3, -0.25) is 0 Å². The molecule has 1 aliphatic rings. The van der Waals surface area contributed by atoms with Crippen molar-refractivity contribution in [3.63, 3.8) is 0 Å². The monoisotopic (exact) mass is 159 g/mol. The van der Waals surface area contributed by atoms with Crippen LogP contribution < -0.4 is 5.73 Å². The van der Waals surface area contributed by atoms with E-state index in [4.69, 9.17) is 10.2 Å². The van der Waals surface area contributed by atoms with E-state index in [1.807, 2.05) is 0 Å². The Bertz CT molecular complexity index is 93.6. The van der Waals surface area contributed by atoms with Crippen molar-refractivity contribution in [3.8, 4) is 0 Å². The van der Waals surface area contributed by atoms with Gasteiger partial charge in [0.05, 0.1) is 0 Å². The van der Waals surface area contributed by atoms with Crippen molar-refractivity contribution in [2.24, 2.45) is 5.73 Å². The molecule has 0 aromatic carbocycles. The van der Waals surface area contributed by atoms with Crippen LogP contribution in [0.4, 0.5) is 0 Å².